The van der Waals surface area contributed by atoms with Crippen LogP contribution in [0.25, 0.3) is 0 Å². The van der Waals surface area contributed by atoms with Gasteiger partial charge in [0, 0.05) is 0 Å². The van der Waals surface area contributed by atoms with Crippen molar-refractivity contribution in [3.63, 3.8) is 0 Å². The fourth-order valence-electron chi connectivity index (χ4n) is 1.43. The first-order valence-corrected chi connectivity index (χ1v) is 9.04. The molecule has 0 aliphatic carbocycles. The maximum absolute atomic E-state index is 9.20. The number of hydrogen-bond donors (Lipinski definition) is 1. The SMILES string of the molecule is CC(O)C1C[CH2][Pr][CH2]C1. The van der Waals surface area contributed by atoms with Crippen LogP contribution in [0.15, 0.2) is 0 Å². The van der Waals surface area contributed by atoms with Crippen LogP contribution in [0.2, 0.25) is 4.01 Å². The van der Waals surface area contributed by atoms with E-state index in [1.54, 1.807) is 0 Å². The van der Waals surface area contributed by atoms with Crippen molar-refractivity contribution in [2.75, 3.05) is 0 Å². The molecular weight excluding hydrogens is 241 g/mol. The second-order valence-corrected chi connectivity index (χ2v) is 8.50. The van der Waals surface area contributed by atoms with E-state index in [0.717, 1.165) is 0 Å². The van der Waals surface area contributed by atoms with Crippen molar-refractivity contribution in [2.24, 2.45) is 5.92 Å². The first-order valence-electron chi connectivity index (χ1n) is 3.80. The van der Waals surface area contributed by atoms with Crippen molar-refractivity contribution in [3.8, 4) is 0 Å². The maximum atomic E-state index is 9.20. The minimum atomic E-state index is -0.189. The Bertz CT molecular complexity index is 77.0. The van der Waals surface area contributed by atoms with Crippen molar-refractivity contribution in [3.05, 3.63) is 0 Å². The summed E-state index contributed by atoms with van der Waals surface area (Å²) < 4.78 is 3.07. The predicted molar refractivity (Wildman–Crippen MR) is 34.0 cm³/mol. The van der Waals surface area contributed by atoms with Gasteiger partial charge in [-0.2, -0.15) is 0 Å². The van der Waals surface area contributed by atoms with Gasteiger partial charge in [-0.15, -0.1) is 0 Å². The molecule has 0 aromatic rings. The average Bonchev–Trinajstić information content (AvgIpc) is 1.90. The summed E-state index contributed by atoms with van der Waals surface area (Å²) in [6, 6.07) is 0. The van der Waals surface area contributed by atoms with E-state index in [1.807, 2.05) is 6.92 Å². The molecule has 1 rings (SSSR count). The summed E-state index contributed by atoms with van der Waals surface area (Å²) in [6.07, 6.45) is 2.65. The topological polar surface area (TPSA) is 20.2 Å². The Hall–Kier alpha value is 1.32. The zero-order valence-electron chi connectivity index (χ0n) is 6.01. The zero-order valence-corrected chi connectivity index (χ0v) is 9.71. The molecule has 0 aromatic heterocycles. The van der Waals surface area contributed by atoms with E-state index in [-0.39, 0.29) is 43.2 Å². The van der Waals surface area contributed by atoms with Gasteiger partial charge in [-0.3, -0.25) is 0 Å². The first-order chi connectivity index (χ1) is 4.30. The molecule has 0 aromatic carbocycles. The van der Waals surface area contributed by atoms with Crippen LogP contribution in [-0.4, -0.2) is 11.2 Å². The van der Waals surface area contributed by atoms with Crippen molar-refractivity contribution in [1.82, 2.24) is 0 Å². The summed E-state index contributed by atoms with van der Waals surface area (Å²) in [5.41, 5.74) is 0. The molecule has 2 heteroatoms. The summed E-state index contributed by atoms with van der Waals surface area (Å²) in [7, 11) is 0. The Morgan fingerprint density at radius 2 is 2.00 bits per heavy atom. The van der Waals surface area contributed by atoms with Crippen molar-refractivity contribution >= 4 is 0 Å². The number of rotatable bonds is 1. The van der Waals surface area contributed by atoms with Crippen LogP contribution in [0.3, 0.4) is 0 Å². The Balaban J connectivity index is 2.23. The van der Waals surface area contributed by atoms with Crippen LogP contribution >= 0.6 is 0 Å². The quantitative estimate of drug-likeness (QED) is 0.756. The number of hydrogen-bond acceptors (Lipinski definition) is 1. The molecule has 0 amide bonds. The van der Waals surface area contributed by atoms with Crippen molar-refractivity contribution in [2.45, 2.75) is 29.9 Å². The van der Waals surface area contributed by atoms with Crippen LogP contribution in [0, 0.1) is 43.0 Å². The second-order valence-electron chi connectivity index (χ2n) is 2.94. The molecule has 1 nitrogen and oxygen atoms in total. The number of aliphatic hydroxyl groups excluding tert-OH is 1. The normalized spacial score (nSPS) is 24.2. The Morgan fingerprint density at radius 3 is 2.33 bits per heavy atom. The Morgan fingerprint density at radius 1 is 1.44 bits per heavy atom. The van der Waals surface area contributed by atoms with Crippen LogP contribution in [0.1, 0.15) is 19.8 Å². The third kappa shape index (κ3) is 2.82. The van der Waals surface area contributed by atoms with Crippen LogP contribution in [-0.2, 0) is 0 Å². The van der Waals surface area contributed by atoms with E-state index >= 15 is 0 Å². The van der Waals surface area contributed by atoms with Gasteiger partial charge in [0.1, 0.15) is 0 Å². The van der Waals surface area contributed by atoms with Gasteiger partial charge >= 0.3 is 78.0 Å². The molecule has 1 heterocycles. The molecule has 9 heavy (non-hydrogen) atoms. The molecule has 51 valence electrons. The summed E-state index contributed by atoms with van der Waals surface area (Å²) in [5, 5.41) is 9.20. The summed E-state index contributed by atoms with van der Waals surface area (Å²) in [4.78, 5) is 0. The van der Waals surface area contributed by atoms with Gasteiger partial charge < -0.3 is 0 Å². The molecule has 1 unspecified atom stereocenters. The van der Waals surface area contributed by atoms with E-state index in [2.05, 4.69) is 0 Å². The molecule has 1 N–H and O–H groups in total. The molecule has 1 aliphatic rings. The van der Waals surface area contributed by atoms with Gasteiger partial charge in [-0.1, -0.05) is 0 Å². The van der Waals surface area contributed by atoms with Crippen LogP contribution in [0.4, 0.5) is 0 Å². The van der Waals surface area contributed by atoms with Gasteiger partial charge in [-0.25, -0.2) is 0 Å². The first kappa shape index (κ1) is 8.42. The molecule has 1 fully saturated rings. The summed E-state index contributed by atoms with van der Waals surface area (Å²) in [6.45, 7) is 1.94. The second kappa shape index (κ2) is 4.25. The third-order valence-electron chi connectivity index (χ3n) is 2.17. The molecule has 0 saturated carbocycles. The Kier molecular flexibility index (Phi) is 3.98. The molecule has 1 atom stereocenters. The Labute approximate surface area is 77.2 Å². The fourth-order valence-corrected chi connectivity index (χ4v) is 6.62. The van der Waals surface area contributed by atoms with Crippen molar-refractivity contribution < 1.29 is 42.2 Å². The summed E-state index contributed by atoms with van der Waals surface area (Å²) >= 11 is -0.189. The fraction of sp³-hybridized carbons (Fsp3) is 1.00. The van der Waals surface area contributed by atoms with E-state index < -0.39 is 0 Å². The number of aliphatic hydroxyl groups is 1. The van der Waals surface area contributed by atoms with Gasteiger partial charge in [0.2, 0.25) is 0 Å². The minimum absolute atomic E-state index is 0.0312. The van der Waals surface area contributed by atoms with Gasteiger partial charge in [0.15, 0.2) is 0 Å². The third-order valence-corrected chi connectivity index (χ3v) is 6.92. The monoisotopic (exact) mass is 255 g/mol. The van der Waals surface area contributed by atoms with E-state index in [1.165, 1.54) is 16.9 Å². The molecule has 0 bridgehead atoms. The van der Waals surface area contributed by atoms with E-state index in [9.17, 15) is 5.11 Å². The summed E-state index contributed by atoms with van der Waals surface area (Å²) in [5.74, 6) is 0.662. The van der Waals surface area contributed by atoms with Crippen molar-refractivity contribution in [1.29, 1.82) is 0 Å². The molecule has 0 spiro atoms. The predicted octanol–water partition coefficient (Wildman–Crippen LogP) is 1.70. The van der Waals surface area contributed by atoms with Crippen LogP contribution in [0.5, 0.6) is 0 Å². The van der Waals surface area contributed by atoms with E-state index in [0.29, 0.717) is 5.92 Å². The van der Waals surface area contributed by atoms with Gasteiger partial charge in [0.05, 0.1) is 0 Å². The van der Waals surface area contributed by atoms with Gasteiger partial charge in [-0.05, 0) is 0 Å². The van der Waals surface area contributed by atoms with Crippen LogP contribution < -0.4 is 0 Å². The average molecular weight is 255 g/mol. The molecule has 0 radical (unpaired) electrons. The molecule has 1 aliphatic heterocycles. The molecular formula is C7H14OPr. The standard InChI is InChI=1S/C7H14O.Pr/c1-4-7(5-2)6(3)8;/h6-8H,1-2,4-5H2,3H3;. The zero-order chi connectivity index (χ0) is 6.69. The van der Waals surface area contributed by atoms with Gasteiger partial charge in [0.25, 0.3) is 0 Å². The van der Waals surface area contributed by atoms with E-state index in [4.69, 9.17) is 0 Å². The molecule has 1 saturated heterocycles.